The molecule has 0 atom stereocenters. The normalized spacial score (nSPS) is 12.9. The van der Waals surface area contributed by atoms with Crippen molar-refractivity contribution < 1.29 is 10.6 Å². The summed E-state index contributed by atoms with van der Waals surface area (Å²) in [5.74, 6) is 0. The van der Waals surface area contributed by atoms with Crippen molar-refractivity contribution in [2.75, 3.05) is 21.3 Å². The molecule has 0 aromatic rings. The number of unbranched alkanes of at least 4 members (excludes halogenated alkanes) is 3. The zero-order valence-electron chi connectivity index (χ0n) is 15.0. The Labute approximate surface area is 142 Å². The van der Waals surface area contributed by atoms with Crippen LogP contribution in [-0.2, 0) is 10.6 Å². The summed E-state index contributed by atoms with van der Waals surface area (Å²) >= 11 is -6.44. The fourth-order valence-electron chi connectivity index (χ4n) is 2.46. The maximum atomic E-state index is 6.73. The molecule has 0 aliphatic heterocycles. The summed E-state index contributed by atoms with van der Waals surface area (Å²) in [6.07, 6.45) is 7.02. The molecule has 0 saturated heterocycles. The molecule has 0 fully saturated rings. The van der Waals surface area contributed by atoms with Gasteiger partial charge >= 0.3 is 143 Å². The van der Waals surface area contributed by atoms with Crippen molar-refractivity contribution in [2.45, 2.75) is 72.6 Å². The van der Waals surface area contributed by atoms with E-state index in [9.17, 15) is 0 Å². The van der Waals surface area contributed by atoms with Crippen molar-refractivity contribution in [3.8, 4) is 0 Å². The van der Waals surface area contributed by atoms with Gasteiger partial charge in [0.25, 0.3) is 0 Å². The van der Waals surface area contributed by atoms with E-state index in [1.807, 2.05) is 7.11 Å². The molecule has 0 N–H and O–H groups in total. The van der Waals surface area contributed by atoms with E-state index in [0.717, 1.165) is 26.2 Å². The van der Waals surface area contributed by atoms with Crippen molar-refractivity contribution in [3.63, 3.8) is 0 Å². The summed E-state index contributed by atoms with van der Waals surface area (Å²) in [7, 11) is 5.38. The van der Waals surface area contributed by atoms with E-state index in [1.54, 1.807) is 14.2 Å². The van der Waals surface area contributed by atoms with E-state index in [2.05, 4.69) is 20.8 Å². The molecule has 4 nitrogen and oxygen atoms in total. The average molecular weight is 518 g/mol. The van der Waals surface area contributed by atoms with Gasteiger partial charge in [-0.3, -0.25) is 0 Å². The first-order chi connectivity index (χ1) is 10.1. The second-order valence-corrected chi connectivity index (χ2v) is 27.0. The molecule has 21 heavy (non-hydrogen) atoms. The van der Waals surface area contributed by atoms with Crippen molar-refractivity contribution >= 4 is 38.8 Å². The first kappa shape index (κ1) is 22.4. The van der Waals surface area contributed by atoms with Gasteiger partial charge in [-0.2, -0.15) is 0 Å². The molecule has 0 spiro atoms. The van der Waals surface area contributed by atoms with Gasteiger partial charge in [0.15, 0.2) is 0 Å². The zero-order valence-corrected chi connectivity index (χ0v) is 20.7. The number of rotatable bonds is 14. The molecule has 0 aliphatic carbocycles. The van der Waals surface area contributed by atoms with Crippen LogP contribution in [0.1, 0.15) is 59.3 Å². The molecule has 6 heteroatoms. The summed E-state index contributed by atoms with van der Waals surface area (Å²) in [5, 5.41) is 0. The third kappa shape index (κ3) is 8.20. The van der Waals surface area contributed by atoms with Crippen molar-refractivity contribution in [1.29, 1.82) is 0 Å². The SMILES string of the molecule is CCC[CH2][Sn]([CH2]CCC)([O]C)[O][Sn]([CH2]CCC)([O]C)[O]C. The molecule has 0 aliphatic rings. The molecule has 0 aromatic carbocycles. The fraction of sp³-hybridized carbons (Fsp3) is 1.00. The van der Waals surface area contributed by atoms with Crippen LogP contribution in [0.5, 0.6) is 0 Å². The summed E-state index contributed by atoms with van der Waals surface area (Å²) in [5.41, 5.74) is 0. The van der Waals surface area contributed by atoms with Crippen molar-refractivity contribution in [2.24, 2.45) is 0 Å². The van der Waals surface area contributed by atoms with E-state index in [1.165, 1.54) is 25.7 Å². The zero-order chi connectivity index (χ0) is 16.2. The Kier molecular flexibility index (Phi) is 13.7. The van der Waals surface area contributed by atoms with Gasteiger partial charge in [-0.15, -0.1) is 0 Å². The Morgan fingerprint density at radius 2 is 1.05 bits per heavy atom. The molecular weight excluding hydrogens is 482 g/mol. The Morgan fingerprint density at radius 1 is 0.619 bits per heavy atom. The Balaban J connectivity index is 5.07. The average Bonchev–Trinajstić information content (AvgIpc) is 2.54. The van der Waals surface area contributed by atoms with Gasteiger partial charge in [0, 0.05) is 0 Å². The Morgan fingerprint density at radius 3 is 1.38 bits per heavy atom. The van der Waals surface area contributed by atoms with Crippen LogP contribution in [0.15, 0.2) is 0 Å². The van der Waals surface area contributed by atoms with Crippen LogP contribution in [0.2, 0.25) is 13.3 Å². The van der Waals surface area contributed by atoms with Crippen LogP contribution in [0, 0.1) is 0 Å². The first-order valence-corrected chi connectivity index (χ1v) is 20.3. The predicted octanol–water partition coefficient (Wildman–Crippen LogP) is 4.72. The van der Waals surface area contributed by atoms with Crippen LogP contribution in [0.25, 0.3) is 0 Å². The molecule has 0 radical (unpaired) electrons. The maximum absolute atomic E-state index is 6.73. The summed E-state index contributed by atoms with van der Waals surface area (Å²) in [6.45, 7) is 6.65. The molecule has 0 aromatic heterocycles. The molecular formula is C15H36O4Sn2. The second kappa shape index (κ2) is 12.8. The van der Waals surface area contributed by atoms with Gasteiger partial charge < -0.3 is 0 Å². The van der Waals surface area contributed by atoms with E-state index in [0.29, 0.717) is 0 Å². The van der Waals surface area contributed by atoms with Gasteiger partial charge in [0.1, 0.15) is 0 Å². The van der Waals surface area contributed by atoms with Crippen LogP contribution < -0.4 is 0 Å². The fourth-order valence-corrected chi connectivity index (χ4v) is 38.0. The summed E-state index contributed by atoms with van der Waals surface area (Å²) in [6, 6.07) is 0. The first-order valence-electron chi connectivity index (χ1n) is 8.43. The summed E-state index contributed by atoms with van der Waals surface area (Å²) < 4.78 is 27.7. The van der Waals surface area contributed by atoms with E-state index in [4.69, 9.17) is 10.6 Å². The van der Waals surface area contributed by atoms with Crippen LogP contribution in [0.3, 0.4) is 0 Å². The van der Waals surface area contributed by atoms with Gasteiger partial charge in [0.2, 0.25) is 0 Å². The van der Waals surface area contributed by atoms with Gasteiger partial charge in [0.05, 0.1) is 0 Å². The third-order valence-electron chi connectivity index (χ3n) is 3.99. The topological polar surface area (TPSA) is 36.9 Å². The van der Waals surface area contributed by atoms with Gasteiger partial charge in [-0.1, -0.05) is 0 Å². The van der Waals surface area contributed by atoms with Gasteiger partial charge in [-0.05, 0) is 0 Å². The van der Waals surface area contributed by atoms with Crippen LogP contribution in [-0.4, -0.2) is 60.2 Å². The van der Waals surface area contributed by atoms with Crippen LogP contribution in [0.4, 0.5) is 0 Å². The minimum absolute atomic E-state index is 0.971. The molecule has 0 heterocycles. The Hall–Kier alpha value is 1.44. The molecule has 0 amide bonds. The van der Waals surface area contributed by atoms with E-state index >= 15 is 0 Å². The standard InChI is InChI=1S/3C4H9.3CH3O.O.2Sn/c3*1-3-4-2;3*1-2;;;/h3*1,3-4H2,2H3;3*1H3;;;/q;;;3*-1;;+1;+2. The second-order valence-electron chi connectivity index (χ2n) is 5.62. The molecule has 0 bridgehead atoms. The van der Waals surface area contributed by atoms with Gasteiger partial charge in [-0.25, -0.2) is 0 Å². The molecule has 0 unspecified atom stereocenters. The van der Waals surface area contributed by atoms with Crippen molar-refractivity contribution in [3.05, 3.63) is 0 Å². The minimum atomic E-state index is -3.39. The predicted molar refractivity (Wildman–Crippen MR) is 92.8 cm³/mol. The van der Waals surface area contributed by atoms with E-state index in [-0.39, 0.29) is 0 Å². The monoisotopic (exact) mass is 520 g/mol. The Bertz CT molecular complexity index is 240. The number of hydrogen-bond acceptors (Lipinski definition) is 4. The third-order valence-corrected chi connectivity index (χ3v) is 33.8. The van der Waals surface area contributed by atoms with Crippen molar-refractivity contribution in [1.82, 2.24) is 0 Å². The molecule has 0 saturated carbocycles. The van der Waals surface area contributed by atoms with Crippen LogP contribution >= 0.6 is 0 Å². The number of hydrogen-bond donors (Lipinski definition) is 0. The molecule has 128 valence electrons. The summed E-state index contributed by atoms with van der Waals surface area (Å²) in [4.78, 5) is 0. The molecule has 0 rings (SSSR count). The van der Waals surface area contributed by atoms with E-state index < -0.39 is 38.8 Å². The quantitative estimate of drug-likeness (QED) is 0.312.